The summed E-state index contributed by atoms with van der Waals surface area (Å²) in [5.41, 5.74) is -0.176. The highest BCUT2D eigenvalue weighted by molar-refractivity contribution is 9.10. The van der Waals surface area contributed by atoms with Gasteiger partial charge in [0.25, 0.3) is 5.56 Å². The van der Waals surface area contributed by atoms with Crippen LogP contribution in [0.4, 0.5) is 0 Å². The van der Waals surface area contributed by atoms with Crippen LogP contribution in [0.15, 0.2) is 27.6 Å². The molecule has 0 saturated carbocycles. The van der Waals surface area contributed by atoms with Crippen molar-refractivity contribution in [2.24, 2.45) is 0 Å². The first kappa shape index (κ1) is 12.0. The quantitative estimate of drug-likeness (QED) is 0.894. The third kappa shape index (κ3) is 3.87. The molecular formula is C10H13BrN2O2. The molecule has 0 saturated heterocycles. The molecule has 0 spiro atoms. The van der Waals surface area contributed by atoms with E-state index >= 15 is 0 Å². The summed E-state index contributed by atoms with van der Waals surface area (Å²) in [6, 6.07) is 3.08. The summed E-state index contributed by atoms with van der Waals surface area (Å²) in [6.07, 6.45) is 2.49. The summed E-state index contributed by atoms with van der Waals surface area (Å²) in [6.45, 7) is 2.69. The maximum Gasteiger partial charge on any atom is 0.251 e. The molecule has 0 aliphatic heterocycles. The topological polar surface area (TPSA) is 51.1 Å². The number of hydrogen-bond acceptors (Lipinski definition) is 2. The van der Waals surface area contributed by atoms with Gasteiger partial charge in [-0.25, -0.2) is 0 Å². The number of pyridine rings is 1. The number of aromatic nitrogens is 1. The van der Waals surface area contributed by atoms with Gasteiger partial charge in [-0.15, -0.1) is 0 Å². The van der Waals surface area contributed by atoms with Crippen LogP contribution >= 0.6 is 15.9 Å². The van der Waals surface area contributed by atoms with Gasteiger partial charge >= 0.3 is 0 Å². The van der Waals surface area contributed by atoms with Crippen molar-refractivity contribution >= 4 is 21.8 Å². The Balaban J connectivity index is 2.68. The van der Waals surface area contributed by atoms with Gasteiger partial charge in [0.1, 0.15) is 6.54 Å². The molecule has 1 N–H and O–H groups in total. The lowest BCUT2D eigenvalue weighted by molar-refractivity contribution is -0.121. The molecule has 1 heterocycles. The van der Waals surface area contributed by atoms with E-state index in [9.17, 15) is 9.59 Å². The highest BCUT2D eigenvalue weighted by Gasteiger charge is 2.03. The maximum absolute atomic E-state index is 11.3. The number of carbonyl (C=O) groups is 1. The number of carbonyl (C=O) groups excluding carboxylic acids is 1. The van der Waals surface area contributed by atoms with Crippen molar-refractivity contribution in [1.82, 2.24) is 9.88 Å². The smallest absolute Gasteiger partial charge is 0.251 e. The van der Waals surface area contributed by atoms with Gasteiger partial charge in [0.15, 0.2) is 0 Å². The third-order valence-electron chi connectivity index (χ3n) is 1.83. The second kappa shape index (κ2) is 5.70. The molecule has 0 aromatic carbocycles. The van der Waals surface area contributed by atoms with Gasteiger partial charge in [0.2, 0.25) is 5.91 Å². The fraction of sp³-hybridized carbons (Fsp3) is 0.400. The number of rotatable bonds is 4. The van der Waals surface area contributed by atoms with Crippen LogP contribution in [0.25, 0.3) is 0 Å². The van der Waals surface area contributed by atoms with Crippen molar-refractivity contribution < 1.29 is 4.79 Å². The normalized spacial score (nSPS) is 10.0. The third-order valence-corrected chi connectivity index (χ3v) is 2.30. The summed E-state index contributed by atoms with van der Waals surface area (Å²) in [4.78, 5) is 22.7. The molecule has 1 aromatic rings. The van der Waals surface area contributed by atoms with Gasteiger partial charge in [-0.2, -0.15) is 0 Å². The van der Waals surface area contributed by atoms with E-state index in [-0.39, 0.29) is 18.0 Å². The lowest BCUT2D eigenvalue weighted by Crippen LogP contribution is -2.32. The number of nitrogens with one attached hydrogen (secondary N) is 1. The first-order valence-electron chi connectivity index (χ1n) is 4.76. The molecule has 15 heavy (non-hydrogen) atoms. The SMILES string of the molecule is CCCNC(=O)Cn1cc(Br)ccc1=O. The zero-order valence-electron chi connectivity index (χ0n) is 8.50. The van der Waals surface area contributed by atoms with Gasteiger partial charge in [-0.3, -0.25) is 9.59 Å². The zero-order valence-corrected chi connectivity index (χ0v) is 10.1. The molecule has 0 bridgehead atoms. The van der Waals surface area contributed by atoms with E-state index in [1.807, 2.05) is 6.92 Å². The van der Waals surface area contributed by atoms with E-state index in [2.05, 4.69) is 21.2 Å². The first-order valence-corrected chi connectivity index (χ1v) is 5.55. The van der Waals surface area contributed by atoms with Crippen molar-refractivity contribution in [3.8, 4) is 0 Å². The van der Waals surface area contributed by atoms with Crippen molar-refractivity contribution in [2.75, 3.05) is 6.54 Å². The lowest BCUT2D eigenvalue weighted by atomic mass is 10.4. The second-order valence-electron chi connectivity index (χ2n) is 3.16. The predicted molar refractivity (Wildman–Crippen MR) is 61.7 cm³/mol. The zero-order chi connectivity index (χ0) is 11.3. The van der Waals surface area contributed by atoms with Crippen molar-refractivity contribution in [3.63, 3.8) is 0 Å². The van der Waals surface area contributed by atoms with E-state index in [0.29, 0.717) is 6.54 Å². The van der Waals surface area contributed by atoms with Crippen LogP contribution in [0.1, 0.15) is 13.3 Å². The molecule has 0 fully saturated rings. The Bertz CT molecular complexity index is 401. The molecule has 0 radical (unpaired) electrons. The maximum atomic E-state index is 11.3. The number of nitrogens with zero attached hydrogens (tertiary/aromatic N) is 1. The summed E-state index contributed by atoms with van der Waals surface area (Å²) in [7, 11) is 0. The monoisotopic (exact) mass is 272 g/mol. The summed E-state index contributed by atoms with van der Waals surface area (Å²) in [5, 5.41) is 2.71. The van der Waals surface area contributed by atoms with E-state index in [1.165, 1.54) is 10.6 Å². The van der Waals surface area contributed by atoms with Gasteiger partial charge in [-0.1, -0.05) is 6.92 Å². The van der Waals surface area contributed by atoms with Crippen molar-refractivity contribution in [2.45, 2.75) is 19.9 Å². The van der Waals surface area contributed by atoms with Gasteiger partial charge in [0.05, 0.1) is 0 Å². The van der Waals surface area contributed by atoms with Crippen molar-refractivity contribution in [1.29, 1.82) is 0 Å². The first-order chi connectivity index (χ1) is 7.13. The van der Waals surface area contributed by atoms with E-state index in [4.69, 9.17) is 0 Å². The lowest BCUT2D eigenvalue weighted by Gasteiger charge is -2.06. The molecule has 4 nitrogen and oxygen atoms in total. The Hall–Kier alpha value is -1.10. The molecular weight excluding hydrogens is 260 g/mol. The van der Waals surface area contributed by atoms with Crippen molar-refractivity contribution in [3.05, 3.63) is 33.2 Å². The minimum absolute atomic E-state index is 0.0677. The Kier molecular flexibility index (Phi) is 4.55. The number of hydrogen-bond donors (Lipinski definition) is 1. The molecule has 0 aliphatic rings. The summed E-state index contributed by atoms with van der Waals surface area (Å²) >= 11 is 3.25. The van der Waals surface area contributed by atoms with Gasteiger partial charge < -0.3 is 9.88 Å². The van der Waals surface area contributed by atoms with Gasteiger partial charge in [-0.05, 0) is 28.4 Å². The summed E-state index contributed by atoms with van der Waals surface area (Å²) < 4.78 is 2.15. The Morgan fingerprint density at radius 2 is 2.27 bits per heavy atom. The van der Waals surface area contributed by atoms with Crippen LogP contribution in [-0.4, -0.2) is 17.0 Å². The molecule has 5 heteroatoms. The number of amides is 1. The van der Waals surface area contributed by atoms with Crippen LogP contribution < -0.4 is 10.9 Å². The average molecular weight is 273 g/mol. The predicted octanol–water partition coefficient (Wildman–Crippen LogP) is 1.14. The van der Waals surface area contributed by atoms with Crippen LogP contribution in [-0.2, 0) is 11.3 Å². The molecule has 1 rings (SSSR count). The Morgan fingerprint density at radius 3 is 2.93 bits per heavy atom. The van der Waals surface area contributed by atoms with Crippen LogP contribution in [0.2, 0.25) is 0 Å². The summed E-state index contributed by atoms with van der Waals surface area (Å²) in [5.74, 6) is -0.142. The largest absolute Gasteiger partial charge is 0.355 e. The Morgan fingerprint density at radius 1 is 1.53 bits per heavy atom. The highest BCUT2D eigenvalue weighted by Crippen LogP contribution is 2.04. The number of halogens is 1. The molecule has 0 atom stereocenters. The van der Waals surface area contributed by atoms with E-state index < -0.39 is 0 Å². The molecule has 0 unspecified atom stereocenters. The van der Waals surface area contributed by atoms with Crippen LogP contribution in [0.3, 0.4) is 0 Å². The minimum Gasteiger partial charge on any atom is -0.355 e. The minimum atomic E-state index is -0.176. The van der Waals surface area contributed by atoms with Crippen LogP contribution in [0, 0.1) is 0 Å². The van der Waals surface area contributed by atoms with Gasteiger partial charge in [0, 0.05) is 23.3 Å². The molecule has 82 valence electrons. The molecule has 0 aliphatic carbocycles. The fourth-order valence-electron chi connectivity index (χ4n) is 1.10. The van der Waals surface area contributed by atoms with E-state index in [0.717, 1.165) is 10.9 Å². The molecule has 1 aromatic heterocycles. The highest BCUT2D eigenvalue weighted by atomic mass is 79.9. The molecule has 1 amide bonds. The Labute approximate surface area is 96.4 Å². The van der Waals surface area contributed by atoms with E-state index in [1.54, 1.807) is 12.3 Å². The second-order valence-corrected chi connectivity index (χ2v) is 4.08. The van der Waals surface area contributed by atoms with Crippen LogP contribution in [0.5, 0.6) is 0 Å². The standard InChI is InChI=1S/C10H13BrN2O2/c1-2-5-12-9(14)7-13-6-8(11)3-4-10(13)15/h3-4,6H,2,5,7H2,1H3,(H,12,14). The fourth-order valence-corrected chi connectivity index (χ4v) is 1.48. The average Bonchev–Trinajstić information content (AvgIpc) is 2.20.